The molecule has 0 aliphatic carbocycles. The van der Waals surface area contributed by atoms with Crippen LogP contribution in [0.5, 0.6) is 0 Å². The summed E-state index contributed by atoms with van der Waals surface area (Å²) in [4.78, 5) is 14.0. The highest BCUT2D eigenvalue weighted by atomic mass is 16.8. The number of carbonyl (C=O) groups is 1. The second-order valence-electron chi connectivity index (χ2n) is 4.40. The Morgan fingerprint density at radius 2 is 2.12 bits per heavy atom. The maximum atomic E-state index is 11.4. The maximum Gasteiger partial charge on any atom is 0.338 e. The third kappa shape index (κ3) is 2.20. The van der Waals surface area contributed by atoms with Crippen molar-refractivity contribution >= 4 is 5.97 Å². The number of azide groups is 1. The number of cyclic esters (lactones) is 1. The molecule has 0 radical (unpaired) electrons. The molecule has 0 unspecified atom stereocenters. The molecule has 0 aromatic rings. The van der Waals surface area contributed by atoms with Gasteiger partial charge in [0.2, 0.25) is 0 Å². The first kappa shape index (κ1) is 12.1. The normalized spacial score (nSPS) is 39.1. The number of rotatable bonds is 2. The first-order valence-electron chi connectivity index (χ1n) is 5.19. The molecule has 0 aromatic carbocycles. The van der Waals surface area contributed by atoms with E-state index in [4.69, 9.17) is 19.7 Å². The van der Waals surface area contributed by atoms with Gasteiger partial charge in [-0.05, 0) is 19.4 Å². The number of aliphatic hydroxyl groups excluding tert-OH is 1. The van der Waals surface area contributed by atoms with Gasteiger partial charge < -0.3 is 19.3 Å². The Kier molecular flexibility index (Phi) is 2.96. The molecule has 2 aliphatic rings. The fraction of sp³-hybridized carbons (Fsp3) is 0.889. The van der Waals surface area contributed by atoms with E-state index in [1.165, 1.54) is 0 Å². The van der Waals surface area contributed by atoms with Gasteiger partial charge in [-0.2, -0.15) is 0 Å². The van der Waals surface area contributed by atoms with Crippen LogP contribution in [0.15, 0.2) is 5.11 Å². The number of aliphatic hydroxyl groups is 1. The summed E-state index contributed by atoms with van der Waals surface area (Å²) in [6, 6.07) is 0. The highest BCUT2D eigenvalue weighted by Crippen LogP contribution is 2.35. The van der Waals surface area contributed by atoms with Gasteiger partial charge in [-0.3, -0.25) is 0 Å². The van der Waals surface area contributed by atoms with Gasteiger partial charge in [0, 0.05) is 4.91 Å². The van der Waals surface area contributed by atoms with Crippen LogP contribution in [-0.2, 0) is 19.0 Å². The molecule has 4 atom stereocenters. The van der Waals surface area contributed by atoms with Crippen molar-refractivity contribution in [2.45, 2.75) is 44.1 Å². The van der Waals surface area contributed by atoms with Gasteiger partial charge in [0.15, 0.2) is 11.9 Å². The summed E-state index contributed by atoms with van der Waals surface area (Å²) in [6.07, 6.45) is -3.51. The molecule has 1 N–H and O–H groups in total. The van der Waals surface area contributed by atoms with Crippen LogP contribution in [0.25, 0.3) is 10.4 Å². The quantitative estimate of drug-likeness (QED) is 0.320. The van der Waals surface area contributed by atoms with Crippen molar-refractivity contribution in [1.29, 1.82) is 0 Å². The predicted molar refractivity (Wildman–Crippen MR) is 53.7 cm³/mol. The van der Waals surface area contributed by atoms with E-state index in [0.717, 1.165) is 0 Å². The first-order valence-corrected chi connectivity index (χ1v) is 5.19. The third-order valence-corrected chi connectivity index (χ3v) is 2.68. The Morgan fingerprint density at radius 3 is 2.76 bits per heavy atom. The summed E-state index contributed by atoms with van der Waals surface area (Å²) >= 11 is 0. The van der Waals surface area contributed by atoms with Crippen LogP contribution < -0.4 is 0 Å². The number of esters is 1. The Morgan fingerprint density at radius 1 is 1.47 bits per heavy atom. The van der Waals surface area contributed by atoms with Crippen LogP contribution in [0.2, 0.25) is 0 Å². The highest BCUT2D eigenvalue weighted by Gasteiger charge is 2.54. The van der Waals surface area contributed by atoms with Crippen LogP contribution >= 0.6 is 0 Å². The monoisotopic (exact) mass is 243 g/mol. The summed E-state index contributed by atoms with van der Waals surface area (Å²) in [5, 5.41) is 13.0. The zero-order valence-electron chi connectivity index (χ0n) is 9.44. The van der Waals surface area contributed by atoms with Crippen molar-refractivity contribution in [1.82, 2.24) is 0 Å². The van der Waals surface area contributed by atoms with E-state index in [1.54, 1.807) is 13.8 Å². The predicted octanol–water partition coefficient (Wildman–Crippen LogP) is 0.103. The molecule has 2 heterocycles. The minimum Gasteiger partial charge on any atom is -0.457 e. The summed E-state index contributed by atoms with van der Waals surface area (Å²) in [6.45, 7) is 3.30. The lowest BCUT2D eigenvalue weighted by atomic mass is 10.00. The summed E-state index contributed by atoms with van der Waals surface area (Å²) in [7, 11) is 0. The molecule has 0 saturated carbocycles. The molecule has 8 heteroatoms. The third-order valence-electron chi connectivity index (χ3n) is 2.68. The molecule has 8 nitrogen and oxygen atoms in total. The van der Waals surface area contributed by atoms with Crippen molar-refractivity contribution in [3.63, 3.8) is 0 Å². The van der Waals surface area contributed by atoms with Crippen LogP contribution in [-0.4, -0.2) is 47.8 Å². The van der Waals surface area contributed by atoms with Gasteiger partial charge in [-0.25, -0.2) is 4.79 Å². The summed E-state index contributed by atoms with van der Waals surface area (Å²) in [5.41, 5.74) is 8.25. The van der Waals surface area contributed by atoms with E-state index < -0.39 is 36.2 Å². The SMILES string of the molecule is CC1(C)O[C@@H]2[C@H](O1)[C@@H](CN=[N+]=[N-])OC(=O)[C@H]2O. The molecule has 17 heavy (non-hydrogen) atoms. The highest BCUT2D eigenvalue weighted by molar-refractivity contribution is 5.76. The van der Waals surface area contributed by atoms with Gasteiger partial charge in [-0.1, -0.05) is 5.11 Å². The number of fused-ring (bicyclic) bond motifs is 1. The lowest BCUT2D eigenvalue weighted by molar-refractivity contribution is -0.184. The standard InChI is InChI=1S/C9H13N3O5/c1-9(2)16-6-4(3-11-12-10)15-8(14)5(13)7(6)17-9/h4-7,13H,3H2,1-2H3/t4-,5+,6-,7+/m1/s1. The van der Waals surface area contributed by atoms with E-state index >= 15 is 0 Å². The molecule has 0 spiro atoms. The zero-order valence-corrected chi connectivity index (χ0v) is 9.44. The van der Waals surface area contributed by atoms with Crippen LogP contribution in [0, 0.1) is 0 Å². The molecule has 0 amide bonds. The number of hydrogen-bond donors (Lipinski definition) is 1. The van der Waals surface area contributed by atoms with E-state index in [-0.39, 0.29) is 6.54 Å². The average molecular weight is 243 g/mol. The largest absolute Gasteiger partial charge is 0.457 e. The van der Waals surface area contributed by atoms with Gasteiger partial charge in [-0.15, -0.1) is 0 Å². The molecule has 94 valence electrons. The van der Waals surface area contributed by atoms with E-state index in [1.807, 2.05) is 0 Å². The van der Waals surface area contributed by atoms with Crippen molar-refractivity contribution in [2.75, 3.05) is 6.54 Å². The van der Waals surface area contributed by atoms with Crippen molar-refractivity contribution < 1.29 is 24.1 Å². The van der Waals surface area contributed by atoms with Crippen molar-refractivity contribution in [3.05, 3.63) is 10.4 Å². The van der Waals surface area contributed by atoms with Crippen LogP contribution in [0.3, 0.4) is 0 Å². The number of nitrogens with zero attached hydrogens (tertiary/aromatic N) is 3. The second kappa shape index (κ2) is 4.15. The Labute approximate surface area is 97.1 Å². The lowest BCUT2D eigenvalue weighted by Crippen LogP contribution is -2.55. The Balaban J connectivity index is 2.20. The van der Waals surface area contributed by atoms with Crippen molar-refractivity contribution in [3.8, 4) is 0 Å². The van der Waals surface area contributed by atoms with Crippen LogP contribution in [0.4, 0.5) is 0 Å². The average Bonchev–Trinajstić information content (AvgIpc) is 2.58. The van der Waals surface area contributed by atoms with Crippen LogP contribution in [0.1, 0.15) is 13.8 Å². The molecular formula is C9H13N3O5. The summed E-state index contributed by atoms with van der Waals surface area (Å²) in [5.74, 6) is -1.69. The number of hydrogen-bond acceptors (Lipinski definition) is 6. The molecule has 2 aliphatic heterocycles. The number of carbonyl (C=O) groups excluding carboxylic acids is 1. The molecule has 2 rings (SSSR count). The van der Waals surface area contributed by atoms with Gasteiger partial charge >= 0.3 is 5.97 Å². The topological polar surface area (TPSA) is 114 Å². The zero-order chi connectivity index (χ0) is 12.6. The van der Waals surface area contributed by atoms with Crippen molar-refractivity contribution in [2.24, 2.45) is 5.11 Å². The Bertz CT molecular complexity index is 379. The number of ether oxygens (including phenoxy) is 3. The molecule has 0 aromatic heterocycles. The molecular weight excluding hydrogens is 230 g/mol. The maximum absolute atomic E-state index is 11.4. The molecule has 2 saturated heterocycles. The summed E-state index contributed by atoms with van der Waals surface area (Å²) < 4.78 is 15.9. The minimum atomic E-state index is -1.37. The Hall–Kier alpha value is -1.34. The fourth-order valence-electron chi connectivity index (χ4n) is 2.03. The second-order valence-corrected chi connectivity index (χ2v) is 4.40. The minimum absolute atomic E-state index is 0.0461. The van der Waals surface area contributed by atoms with Gasteiger partial charge in [0.1, 0.15) is 18.3 Å². The molecule has 2 fully saturated rings. The smallest absolute Gasteiger partial charge is 0.338 e. The molecule has 0 bridgehead atoms. The van der Waals surface area contributed by atoms with Gasteiger partial charge in [0.05, 0.1) is 6.54 Å². The van der Waals surface area contributed by atoms with E-state index in [0.29, 0.717) is 0 Å². The van der Waals surface area contributed by atoms with Gasteiger partial charge in [0.25, 0.3) is 0 Å². The fourth-order valence-corrected chi connectivity index (χ4v) is 2.03. The van der Waals surface area contributed by atoms with E-state index in [9.17, 15) is 9.90 Å². The lowest BCUT2D eigenvalue weighted by Gasteiger charge is -2.32. The first-order chi connectivity index (χ1) is 7.94. The van der Waals surface area contributed by atoms with E-state index in [2.05, 4.69) is 10.0 Å².